The Hall–Kier alpha value is -4.25. The normalized spacial score (nSPS) is 16.1. The zero-order valence-electron chi connectivity index (χ0n) is 21.9. The Balaban J connectivity index is 1.77. The second-order valence-electron chi connectivity index (χ2n) is 9.58. The lowest BCUT2D eigenvalue weighted by Crippen LogP contribution is -2.34. The molecule has 188 valence electrons. The molecular formula is C32H31NO4. The zero-order chi connectivity index (χ0) is 26.2. The van der Waals surface area contributed by atoms with Gasteiger partial charge in [-0.05, 0) is 54.3 Å². The number of rotatable bonds is 6. The van der Waals surface area contributed by atoms with Crippen molar-refractivity contribution in [2.24, 2.45) is 0 Å². The summed E-state index contributed by atoms with van der Waals surface area (Å²) in [5.41, 5.74) is 5.16. The quantitative estimate of drug-likeness (QED) is 0.282. The number of carbonyl (C=O) groups is 1. The minimum atomic E-state index is -0.844. The van der Waals surface area contributed by atoms with Crippen LogP contribution in [-0.2, 0) is 21.7 Å². The Morgan fingerprint density at radius 3 is 2.30 bits per heavy atom. The number of hydrogen-bond donors (Lipinski definition) is 0. The standard InChI is InChI=1S/C32H31NO4/c1-21-17-27(35-5)19-30-29(21)18-23(20-36-22(2)34)28-15-16-32(37-31(28)30,24-9-7-6-8-10-24)25-11-13-26(14-12-25)33(3)4/h6-19H,20H2,1-5H3. The molecule has 0 fully saturated rings. The van der Waals surface area contributed by atoms with Crippen molar-refractivity contribution in [1.29, 1.82) is 0 Å². The van der Waals surface area contributed by atoms with Crippen LogP contribution in [0.15, 0.2) is 78.9 Å². The largest absolute Gasteiger partial charge is 0.497 e. The van der Waals surface area contributed by atoms with Gasteiger partial charge in [0.1, 0.15) is 18.1 Å². The second-order valence-corrected chi connectivity index (χ2v) is 9.58. The van der Waals surface area contributed by atoms with E-state index in [1.54, 1.807) is 7.11 Å². The third-order valence-electron chi connectivity index (χ3n) is 6.94. The van der Waals surface area contributed by atoms with E-state index in [-0.39, 0.29) is 12.6 Å². The number of benzene rings is 4. The molecule has 0 saturated heterocycles. The van der Waals surface area contributed by atoms with Crippen molar-refractivity contribution in [2.45, 2.75) is 26.1 Å². The molecule has 1 heterocycles. The Morgan fingerprint density at radius 2 is 1.65 bits per heavy atom. The molecule has 1 aliphatic rings. The van der Waals surface area contributed by atoms with Crippen molar-refractivity contribution in [3.63, 3.8) is 0 Å². The number of anilines is 1. The summed E-state index contributed by atoms with van der Waals surface area (Å²) >= 11 is 0. The average molecular weight is 494 g/mol. The van der Waals surface area contributed by atoms with Gasteiger partial charge in [-0.25, -0.2) is 0 Å². The number of ether oxygens (including phenoxy) is 3. The number of hydrogen-bond acceptors (Lipinski definition) is 5. The smallest absolute Gasteiger partial charge is 0.302 e. The molecule has 0 radical (unpaired) electrons. The predicted molar refractivity (Wildman–Crippen MR) is 148 cm³/mol. The number of esters is 1. The van der Waals surface area contributed by atoms with E-state index >= 15 is 0 Å². The van der Waals surface area contributed by atoms with Crippen LogP contribution in [0.5, 0.6) is 11.5 Å². The summed E-state index contributed by atoms with van der Waals surface area (Å²) in [4.78, 5) is 13.7. The Labute approximate surface area is 217 Å². The summed E-state index contributed by atoms with van der Waals surface area (Å²) in [6.07, 6.45) is 4.20. The second kappa shape index (κ2) is 9.66. The molecule has 0 aliphatic carbocycles. The lowest BCUT2D eigenvalue weighted by Gasteiger charge is -2.37. The SMILES string of the molecule is COc1cc(C)c2cc(COC(C)=O)c3c(c2c1)OC(c1ccccc1)(c1ccc(N(C)C)cc1)C=C3. The highest BCUT2D eigenvalue weighted by atomic mass is 16.5. The van der Waals surface area contributed by atoms with Gasteiger partial charge in [0.2, 0.25) is 0 Å². The summed E-state index contributed by atoms with van der Waals surface area (Å²) in [5.74, 6) is 1.18. The van der Waals surface area contributed by atoms with Crippen LogP contribution in [0.25, 0.3) is 16.8 Å². The topological polar surface area (TPSA) is 48.0 Å². The highest BCUT2D eigenvalue weighted by molar-refractivity contribution is 5.97. The maximum atomic E-state index is 11.7. The lowest BCUT2D eigenvalue weighted by atomic mass is 9.82. The maximum absolute atomic E-state index is 11.7. The van der Waals surface area contributed by atoms with Gasteiger partial charge in [-0.1, -0.05) is 48.5 Å². The van der Waals surface area contributed by atoms with Gasteiger partial charge in [0.25, 0.3) is 0 Å². The van der Waals surface area contributed by atoms with Gasteiger partial charge in [0.15, 0.2) is 5.60 Å². The first kappa shape index (κ1) is 24.4. The average Bonchev–Trinajstić information content (AvgIpc) is 2.92. The van der Waals surface area contributed by atoms with E-state index in [4.69, 9.17) is 14.2 Å². The molecule has 5 nitrogen and oxygen atoms in total. The van der Waals surface area contributed by atoms with Crippen LogP contribution in [0.1, 0.15) is 34.7 Å². The number of aryl methyl sites for hydroxylation is 1. The Morgan fingerprint density at radius 1 is 0.946 bits per heavy atom. The number of carbonyl (C=O) groups excluding carboxylic acids is 1. The number of nitrogens with zero attached hydrogens (tertiary/aromatic N) is 1. The highest BCUT2D eigenvalue weighted by Crippen LogP contribution is 2.47. The van der Waals surface area contributed by atoms with Crippen molar-refractivity contribution in [1.82, 2.24) is 0 Å². The summed E-state index contributed by atoms with van der Waals surface area (Å²) in [5, 5.41) is 1.98. The van der Waals surface area contributed by atoms with Gasteiger partial charge in [-0.3, -0.25) is 4.79 Å². The first-order chi connectivity index (χ1) is 17.8. The molecule has 4 aromatic rings. The fourth-order valence-electron chi connectivity index (χ4n) is 4.96. The molecule has 4 aromatic carbocycles. The van der Waals surface area contributed by atoms with E-state index in [0.29, 0.717) is 0 Å². The molecule has 37 heavy (non-hydrogen) atoms. The molecule has 0 spiro atoms. The van der Waals surface area contributed by atoms with Gasteiger partial charge in [0.05, 0.1) is 7.11 Å². The Kier molecular flexibility index (Phi) is 6.38. The van der Waals surface area contributed by atoms with E-state index in [1.165, 1.54) is 6.92 Å². The van der Waals surface area contributed by atoms with Crippen LogP contribution < -0.4 is 14.4 Å². The van der Waals surface area contributed by atoms with Gasteiger partial charge < -0.3 is 19.1 Å². The van der Waals surface area contributed by atoms with Gasteiger partial charge in [0, 0.05) is 54.3 Å². The van der Waals surface area contributed by atoms with Crippen molar-refractivity contribution in [2.75, 3.05) is 26.1 Å². The van der Waals surface area contributed by atoms with Crippen LogP contribution in [0, 0.1) is 6.92 Å². The number of fused-ring (bicyclic) bond motifs is 3. The molecular weight excluding hydrogens is 462 g/mol. The van der Waals surface area contributed by atoms with Crippen LogP contribution in [0.2, 0.25) is 0 Å². The summed E-state index contributed by atoms with van der Waals surface area (Å²) < 4.78 is 18.2. The third kappa shape index (κ3) is 4.42. The molecule has 0 saturated carbocycles. The fraction of sp³-hybridized carbons (Fsp3) is 0.219. The van der Waals surface area contributed by atoms with E-state index in [0.717, 1.165) is 55.8 Å². The summed E-state index contributed by atoms with van der Waals surface area (Å²) in [7, 11) is 5.73. The van der Waals surface area contributed by atoms with Crippen LogP contribution in [-0.4, -0.2) is 27.2 Å². The molecule has 5 rings (SSSR count). The lowest BCUT2D eigenvalue weighted by molar-refractivity contribution is -0.142. The van der Waals surface area contributed by atoms with E-state index in [1.807, 2.05) is 44.4 Å². The molecule has 0 amide bonds. The highest BCUT2D eigenvalue weighted by Gasteiger charge is 2.38. The predicted octanol–water partition coefficient (Wildman–Crippen LogP) is 6.64. The zero-order valence-corrected chi connectivity index (χ0v) is 21.9. The monoisotopic (exact) mass is 493 g/mol. The minimum Gasteiger partial charge on any atom is -0.497 e. The number of methoxy groups -OCH3 is 1. The van der Waals surface area contributed by atoms with E-state index in [2.05, 4.69) is 66.4 Å². The molecule has 0 bridgehead atoms. The van der Waals surface area contributed by atoms with Crippen molar-refractivity contribution >= 4 is 28.5 Å². The molecule has 1 unspecified atom stereocenters. The van der Waals surface area contributed by atoms with Gasteiger partial charge in [-0.2, -0.15) is 0 Å². The summed E-state index contributed by atoms with van der Waals surface area (Å²) in [6.45, 7) is 3.65. The first-order valence-electron chi connectivity index (χ1n) is 12.3. The van der Waals surface area contributed by atoms with E-state index in [9.17, 15) is 4.79 Å². The third-order valence-corrected chi connectivity index (χ3v) is 6.94. The van der Waals surface area contributed by atoms with Crippen molar-refractivity contribution < 1.29 is 19.0 Å². The van der Waals surface area contributed by atoms with Gasteiger partial charge >= 0.3 is 5.97 Å². The Bertz CT molecular complexity index is 1490. The molecule has 0 N–H and O–H groups in total. The maximum Gasteiger partial charge on any atom is 0.302 e. The van der Waals surface area contributed by atoms with Gasteiger partial charge in [-0.15, -0.1) is 0 Å². The first-order valence-corrected chi connectivity index (χ1v) is 12.3. The molecule has 1 atom stereocenters. The molecule has 1 aliphatic heterocycles. The molecule has 0 aromatic heterocycles. The van der Waals surface area contributed by atoms with E-state index < -0.39 is 5.60 Å². The summed E-state index contributed by atoms with van der Waals surface area (Å²) in [6, 6.07) is 24.8. The van der Waals surface area contributed by atoms with Crippen molar-refractivity contribution in [3.05, 3.63) is 107 Å². The fourth-order valence-corrected chi connectivity index (χ4v) is 4.96. The molecule has 5 heteroatoms. The van der Waals surface area contributed by atoms with Crippen LogP contribution >= 0.6 is 0 Å². The van der Waals surface area contributed by atoms with Crippen LogP contribution in [0.3, 0.4) is 0 Å². The van der Waals surface area contributed by atoms with Crippen LogP contribution in [0.4, 0.5) is 5.69 Å². The van der Waals surface area contributed by atoms with Crippen molar-refractivity contribution in [3.8, 4) is 11.5 Å². The minimum absolute atomic E-state index is 0.169.